The summed E-state index contributed by atoms with van der Waals surface area (Å²) in [5.74, 6) is 8.01. The first kappa shape index (κ1) is 18.3. The van der Waals surface area contributed by atoms with Gasteiger partial charge in [-0.15, -0.1) is 0 Å². The van der Waals surface area contributed by atoms with E-state index in [0.717, 1.165) is 49.4 Å². The van der Waals surface area contributed by atoms with Crippen LogP contribution in [0.4, 0.5) is 0 Å². The maximum atomic E-state index is 12.3. The summed E-state index contributed by atoms with van der Waals surface area (Å²) in [6, 6.07) is 0. The van der Waals surface area contributed by atoms with Crippen molar-refractivity contribution in [2.75, 3.05) is 5.33 Å². The lowest BCUT2D eigenvalue weighted by Gasteiger charge is -2.53. The molecule has 0 radical (unpaired) electrons. The number of aliphatic hydroxyl groups is 1. The third kappa shape index (κ3) is 3.21. The molecule has 4 heteroatoms. The molecule has 25 heavy (non-hydrogen) atoms. The molecule has 4 aliphatic rings. The molecular weight excluding hydrogens is 400 g/mol. The van der Waals surface area contributed by atoms with Crippen LogP contribution in [0.5, 0.6) is 0 Å². The van der Waals surface area contributed by atoms with Gasteiger partial charge in [0, 0.05) is 11.3 Å². The summed E-state index contributed by atoms with van der Waals surface area (Å²) in [6.07, 6.45) is 10.1. The van der Waals surface area contributed by atoms with Crippen molar-refractivity contribution < 1.29 is 9.90 Å². The fraction of sp³-hybridized carbons (Fsp3) is 0.857. The summed E-state index contributed by atoms with van der Waals surface area (Å²) in [6.45, 7) is 0. The lowest BCUT2D eigenvalue weighted by molar-refractivity contribution is -0.123. The van der Waals surface area contributed by atoms with Crippen LogP contribution in [-0.2, 0) is 4.79 Å². The highest BCUT2D eigenvalue weighted by molar-refractivity contribution is 9.09. The van der Waals surface area contributed by atoms with E-state index in [1.807, 2.05) is 0 Å². The minimum atomic E-state index is -0.853. The molecule has 0 aromatic carbocycles. The van der Waals surface area contributed by atoms with E-state index in [1.165, 1.54) is 32.1 Å². The maximum absolute atomic E-state index is 12.3. The third-order valence-corrected chi connectivity index (χ3v) is 8.80. The van der Waals surface area contributed by atoms with Crippen molar-refractivity contribution in [3.05, 3.63) is 0 Å². The minimum absolute atomic E-state index is 0.318. The number of carbonyl (C=O) groups excluding carboxylic acids is 1. The minimum Gasteiger partial charge on any atom is -0.378 e. The van der Waals surface area contributed by atoms with Gasteiger partial charge in [0.2, 0.25) is 0 Å². The van der Waals surface area contributed by atoms with Gasteiger partial charge in [-0.2, -0.15) is 0 Å². The molecule has 0 saturated heterocycles. The van der Waals surface area contributed by atoms with Crippen LogP contribution in [-0.4, -0.2) is 21.8 Å². The molecule has 4 saturated carbocycles. The Morgan fingerprint density at radius 3 is 2.40 bits per heavy atom. The fourth-order valence-electron chi connectivity index (χ4n) is 7.24. The van der Waals surface area contributed by atoms with Gasteiger partial charge in [0.25, 0.3) is 0 Å². The number of Topliss-reactive ketones (excluding diaryl/α,β-unsaturated/α-hetero) is 1. The van der Waals surface area contributed by atoms with Crippen molar-refractivity contribution in [3.63, 3.8) is 0 Å². The van der Waals surface area contributed by atoms with E-state index in [0.29, 0.717) is 28.9 Å². The highest BCUT2D eigenvalue weighted by atomic mass is 79.9. The Hall–Kier alpha value is -0.0400. The molecule has 0 unspecified atom stereocenters. The van der Waals surface area contributed by atoms with Crippen molar-refractivity contribution in [1.82, 2.24) is 0 Å². The Bertz CT molecular complexity index is 596. The van der Waals surface area contributed by atoms with E-state index < -0.39 is 5.60 Å². The zero-order valence-corrected chi connectivity index (χ0v) is 17.1. The van der Waals surface area contributed by atoms with Crippen LogP contribution in [0.2, 0.25) is 0 Å². The first-order chi connectivity index (χ1) is 12.1. The molecule has 0 amide bonds. The molecule has 0 aromatic heterocycles. The Morgan fingerprint density at radius 1 is 1.00 bits per heavy atom. The molecule has 0 heterocycles. The van der Waals surface area contributed by atoms with Crippen molar-refractivity contribution in [2.24, 2.45) is 41.4 Å². The molecule has 0 bridgehead atoms. The average Bonchev–Trinajstić information content (AvgIpc) is 3.04. The molecule has 1 N–H and O–H groups in total. The summed E-state index contributed by atoms with van der Waals surface area (Å²) in [4.78, 5) is 12.3. The normalized spacial score (nSPS) is 48.5. The number of carbonyl (C=O) groups is 1. The number of fused-ring (bicyclic) bond motifs is 5. The highest BCUT2D eigenvalue weighted by Gasteiger charge is 2.53. The van der Waals surface area contributed by atoms with Gasteiger partial charge in [0.1, 0.15) is 11.4 Å². The molecule has 0 spiro atoms. The SMILES string of the molecule is O=C(CBr)[C@H]1CC[C@H]2[C@@H]3CC[C@@H]4C[C@@](O)(C#CCl)CC[C@@H]4[C@H]3CC[C@@H]21. The van der Waals surface area contributed by atoms with Gasteiger partial charge in [-0.05, 0) is 105 Å². The molecular formula is C21H28BrClO2. The highest BCUT2D eigenvalue weighted by Crippen LogP contribution is 2.59. The summed E-state index contributed by atoms with van der Waals surface area (Å²) >= 11 is 8.96. The lowest BCUT2D eigenvalue weighted by Crippen LogP contribution is -2.48. The van der Waals surface area contributed by atoms with E-state index in [4.69, 9.17) is 11.6 Å². The van der Waals surface area contributed by atoms with Gasteiger partial charge in [0.05, 0.1) is 5.33 Å². The summed E-state index contributed by atoms with van der Waals surface area (Å²) in [5.41, 5.74) is -0.853. The number of ketones is 1. The van der Waals surface area contributed by atoms with Crippen LogP contribution in [0, 0.1) is 52.7 Å². The zero-order chi connectivity index (χ0) is 17.6. The second-order valence-electron chi connectivity index (χ2n) is 9.01. The number of halogens is 2. The van der Waals surface area contributed by atoms with Crippen LogP contribution >= 0.6 is 27.5 Å². The van der Waals surface area contributed by atoms with E-state index in [1.54, 1.807) is 0 Å². The number of hydrogen-bond acceptors (Lipinski definition) is 2. The first-order valence-electron chi connectivity index (χ1n) is 10.00. The van der Waals surface area contributed by atoms with Crippen LogP contribution in [0.25, 0.3) is 0 Å². The van der Waals surface area contributed by atoms with E-state index in [9.17, 15) is 9.90 Å². The monoisotopic (exact) mass is 426 g/mol. The topological polar surface area (TPSA) is 37.3 Å². The maximum Gasteiger partial charge on any atom is 0.146 e. The van der Waals surface area contributed by atoms with Gasteiger partial charge in [-0.1, -0.05) is 21.9 Å². The largest absolute Gasteiger partial charge is 0.378 e. The van der Waals surface area contributed by atoms with Crippen LogP contribution < -0.4 is 0 Å². The van der Waals surface area contributed by atoms with Crippen LogP contribution in [0.3, 0.4) is 0 Å². The molecule has 4 rings (SSSR count). The molecule has 0 aliphatic heterocycles. The van der Waals surface area contributed by atoms with E-state index >= 15 is 0 Å². The fourth-order valence-corrected chi connectivity index (χ4v) is 7.83. The molecule has 2 nitrogen and oxygen atoms in total. The molecule has 4 fully saturated rings. The molecule has 0 aromatic rings. The van der Waals surface area contributed by atoms with Crippen LogP contribution in [0.1, 0.15) is 57.8 Å². The van der Waals surface area contributed by atoms with E-state index in [-0.39, 0.29) is 0 Å². The number of rotatable bonds is 2. The van der Waals surface area contributed by atoms with Crippen LogP contribution in [0.15, 0.2) is 0 Å². The predicted molar refractivity (Wildman–Crippen MR) is 103 cm³/mol. The average molecular weight is 428 g/mol. The van der Waals surface area contributed by atoms with Gasteiger partial charge >= 0.3 is 0 Å². The molecule has 4 aliphatic carbocycles. The van der Waals surface area contributed by atoms with Gasteiger partial charge in [-0.25, -0.2) is 0 Å². The second-order valence-corrected chi connectivity index (χ2v) is 9.76. The standard InChI is InChI=1S/C21H28BrClO2/c22-12-20(24)19-6-5-17-16-2-1-13-11-21(25,9-10-23)8-7-14(13)15(16)3-4-18(17)19/h13-19,25H,1-8,11-12H2/t13-,14+,15-,16-,17+,18+,19+,21+/m1/s1. The summed E-state index contributed by atoms with van der Waals surface area (Å²) in [7, 11) is 0. The van der Waals surface area contributed by atoms with Crippen molar-refractivity contribution in [2.45, 2.75) is 63.4 Å². The Labute approximate surface area is 164 Å². The zero-order valence-electron chi connectivity index (χ0n) is 14.7. The van der Waals surface area contributed by atoms with Crippen molar-refractivity contribution in [3.8, 4) is 11.3 Å². The second kappa shape index (κ2) is 7.17. The Balaban J connectivity index is 1.48. The first-order valence-corrected chi connectivity index (χ1v) is 11.5. The van der Waals surface area contributed by atoms with Gasteiger partial charge in [0.15, 0.2) is 0 Å². The summed E-state index contributed by atoms with van der Waals surface area (Å²) in [5, 5.41) is 13.6. The molecule has 8 atom stereocenters. The smallest absolute Gasteiger partial charge is 0.146 e. The quantitative estimate of drug-likeness (QED) is 0.509. The predicted octanol–water partition coefficient (Wildman–Crippen LogP) is 4.76. The summed E-state index contributed by atoms with van der Waals surface area (Å²) < 4.78 is 0. The van der Waals surface area contributed by atoms with Crippen molar-refractivity contribution >= 4 is 33.3 Å². The molecule has 138 valence electrons. The lowest BCUT2D eigenvalue weighted by atomic mass is 9.52. The van der Waals surface area contributed by atoms with Crippen molar-refractivity contribution in [1.29, 1.82) is 0 Å². The third-order valence-electron chi connectivity index (χ3n) is 8.15. The van der Waals surface area contributed by atoms with Gasteiger partial charge < -0.3 is 5.11 Å². The number of hydrogen-bond donors (Lipinski definition) is 1. The van der Waals surface area contributed by atoms with Gasteiger partial charge in [-0.3, -0.25) is 4.79 Å². The number of alkyl halides is 1. The van der Waals surface area contributed by atoms with E-state index in [2.05, 4.69) is 27.2 Å². The Morgan fingerprint density at radius 2 is 1.64 bits per heavy atom. The Kier molecular flexibility index (Phi) is 5.26.